The second-order valence-electron chi connectivity index (χ2n) is 3.42. The van der Waals surface area contributed by atoms with Crippen molar-refractivity contribution in [3.8, 4) is 5.75 Å². The van der Waals surface area contributed by atoms with E-state index in [1.54, 1.807) is 0 Å². The van der Waals surface area contributed by atoms with Crippen molar-refractivity contribution in [3.63, 3.8) is 0 Å². The smallest absolute Gasteiger partial charge is 0.119 e. The molecule has 0 fully saturated rings. The van der Waals surface area contributed by atoms with E-state index in [9.17, 15) is 0 Å². The van der Waals surface area contributed by atoms with Crippen molar-refractivity contribution in [1.82, 2.24) is 0 Å². The van der Waals surface area contributed by atoms with Crippen molar-refractivity contribution in [3.05, 3.63) is 23.8 Å². The lowest BCUT2D eigenvalue weighted by molar-refractivity contribution is 0.131. The molecule has 1 aromatic rings. The number of rotatable bonds is 6. The maximum Gasteiger partial charge on any atom is 0.119 e. The van der Waals surface area contributed by atoms with Gasteiger partial charge in [0.05, 0.1) is 6.61 Å². The molecule has 0 atom stereocenters. The van der Waals surface area contributed by atoms with Crippen LogP contribution in [-0.4, -0.2) is 19.8 Å². The minimum atomic E-state index is 0.684. The third-order valence-corrected chi connectivity index (χ3v) is 2.15. The lowest BCUT2D eigenvalue weighted by atomic mass is 10.2. The van der Waals surface area contributed by atoms with Gasteiger partial charge in [0.25, 0.3) is 0 Å². The first-order valence-electron chi connectivity index (χ1n) is 5.30. The van der Waals surface area contributed by atoms with Gasteiger partial charge in [0, 0.05) is 25.3 Å². The molecule has 0 aliphatic rings. The molecular formula is C12H19NO2. The van der Waals surface area contributed by atoms with Crippen molar-refractivity contribution < 1.29 is 9.47 Å². The predicted molar refractivity (Wildman–Crippen MR) is 62.2 cm³/mol. The lowest BCUT2D eigenvalue weighted by Gasteiger charge is -2.08. The van der Waals surface area contributed by atoms with Gasteiger partial charge in [0.2, 0.25) is 0 Å². The summed E-state index contributed by atoms with van der Waals surface area (Å²) < 4.78 is 10.8. The number of anilines is 1. The molecule has 0 bridgehead atoms. The van der Waals surface area contributed by atoms with Crippen LogP contribution < -0.4 is 10.5 Å². The Morgan fingerprint density at radius 3 is 2.73 bits per heavy atom. The third-order valence-electron chi connectivity index (χ3n) is 2.15. The van der Waals surface area contributed by atoms with Gasteiger partial charge >= 0.3 is 0 Å². The van der Waals surface area contributed by atoms with Gasteiger partial charge in [-0.2, -0.15) is 0 Å². The first kappa shape index (κ1) is 11.9. The van der Waals surface area contributed by atoms with Crippen LogP contribution in [-0.2, 0) is 4.74 Å². The monoisotopic (exact) mass is 209 g/mol. The van der Waals surface area contributed by atoms with E-state index >= 15 is 0 Å². The van der Waals surface area contributed by atoms with E-state index in [2.05, 4.69) is 0 Å². The molecule has 0 amide bonds. The fraction of sp³-hybridized carbons (Fsp3) is 0.500. The molecule has 0 saturated heterocycles. The van der Waals surface area contributed by atoms with Crippen LogP contribution >= 0.6 is 0 Å². The fourth-order valence-electron chi connectivity index (χ4n) is 1.23. The number of ether oxygens (including phenoxy) is 2. The molecule has 0 unspecified atom stereocenters. The number of benzene rings is 1. The molecule has 0 aromatic heterocycles. The highest BCUT2D eigenvalue weighted by Crippen LogP contribution is 2.18. The van der Waals surface area contributed by atoms with E-state index in [-0.39, 0.29) is 0 Å². The maximum absolute atomic E-state index is 5.71. The zero-order valence-corrected chi connectivity index (χ0v) is 9.45. The van der Waals surface area contributed by atoms with Gasteiger partial charge in [-0.05, 0) is 37.6 Å². The van der Waals surface area contributed by atoms with Gasteiger partial charge in [-0.25, -0.2) is 0 Å². The number of hydrogen-bond donors (Lipinski definition) is 1. The minimum absolute atomic E-state index is 0.684. The van der Waals surface area contributed by atoms with Crippen molar-refractivity contribution in [1.29, 1.82) is 0 Å². The maximum atomic E-state index is 5.71. The molecule has 2 N–H and O–H groups in total. The van der Waals surface area contributed by atoms with Crippen LogP contribution in [0.5, 0.6) is 5.75 Å². The molecule has 0 aliphatic carbocycles. The van der Waals surface area contributed by atoms with Crippen molar-refractivity contribution >= 4 is 5.69 Å². The Hall–Kier alpha value is -1.22. The first-order valence-corrected chi connectivity index (χ1v) is 5.30. The van der Waals surface area contributed by atoms with Gasteiger partial charge in [-0.3, -0.25) is 0 Å². The van der Waals surface area contributed by atoms with Crippen molar-refractivity contribution in [2.75, 3.05) is 25.6 Å². The fourth-order valence-corrected chi connectivity index (χ4v) is 1.23. The summed E-state index contributed by atoms with van der Waals surface area (Å²) in [5.74, 6) is 0.873. The highest BCUT2D eigenvalue weighted by Gasteiger charge is 1.97. The van der Waals surface area contributed by atoms with Crippen LogP contribution in [0.4, 0.5) is 5.69 Å². The Morgan fingerprint density at radius 2 is 2.07 bits per heavy atom. The first-order chi connectivity index (χ1) is 7.24. The Bertz CT molecular complexity index is 300. The summed E-state index contributed by atoms with van der Waals surface area (Å²) in [4.78, 5) is 0. The number of aryl methyl sites for hydroxylation is 1. The van der Waals surface area contributed by atoms with Gasteiger partial charge in [0.15, 0.2) is 0 Å². The molecule has 84 valence electrons. The highest BCUT2D eigenvalue weighted by molar-refractivity contribution is 5.49. The summed E-state index contributed by atoms with van der Waals surface area (Å²) in [5, 5.41) is 0. The Balaban J connectivity index is 2.28. The zero-order chi connectivity index (χ0) is 11.1. The van der Waals surface area contributed by atoms with E-state index in [0.29, 0.717) is 6.61 Å². The topological polar surface area (TPSA) is 44.5 Å². The van der Waals surface area contributed by atoms with Crippen LogP contribution in [0.25, 0.3) is 0 Å². The lowest BCUT2D eigenvalue weighted by Crippen LogP contribution is -2.03. The molecule has 0 saturated carbocycles. The quantitative estimate of drug-likeness (QED) is 0.578. The number of nitrogen functional groups attached to an aromatic ring is 1. The summed E-state index contributed by atoms with van der Waals surface area (Å²) >= 11 is 0. The van der Waals surface area contributed by atoms with E-state index in [4.69, 9.17) is 15.2 Å². The van der Waals surface area contributed by atoms with E-state index < -0.39 is 0 Å². The number of hydrogen-bond acceptors (Lipinski definition) is 3. The Kier molecular flexibility index (Phi) is 4.98. The van der Waals surface area contributed by atoms with E-state index in [0.717, 1.165) is 36.6 Å². The zero-order valence-electron chi connectivity index (χ0n) is 9.45. The van der Waals surface area contributed by atoms with Gasteiger partial charge in [-0.15, -0.1) is 0 Å². The minimum Gasteiger partial charge on any atom is -0.493 e. The van der Waals surface area contributed by atoms with Crippen LogP contribution in [0.3, 0.4) is 0 Å². The average Bonchev–Trinajstić information content (AvgIpc) is 2.23. The molecule has 3 nitrogen and oxygen atoms in total. The van der Waals surface area contributed by atoms with Crippen LogP contribution in [0, 0.1) is 6.92 Å². The Labute approximate surface area is 91.2 Å². The molecule has 0 heterocycles. The largest absolute Gasteiger partial charge is 0.493 e. The van der Waals surface area contributed by atoms with Crippen molar-refractivity contribution in [2.24, 2.45) is 0 Å². The summed E-state index contributed by atoms with van der Waals surface area (Å²) in [6, 6.07) is 5.71. The molecule has 3 heteroatoms. The summed E-state index contributed by atoms with van der Waals surface area (Å²) in [6.45, 7) is 6.17. The summed E-state index contributed by atoms with van der Waals surface area (Å²) in [7, 11) is 0. The molecule has 0 radical (unpaired) electrons. The molecular weight excluding hydrogens is 190 g/mol. The summed E-state index contributed by atoms with van der Waals surface area (Å²) in [5.41, 5.74) is 7.56. The second kappa shape index (κ2) is 6.30. The average molecular weight is 209 g/mol. The molecule has 0 aliphatic heterocycles. The van der Waals surface area contributed by atoms with Gasteiger partial charge in [0.1, 0.15) is 5.75 Å². The standard InChI is InChI=1S/C12H19NO2/c1-3-14-7-4-8-15-11-5-6-12(13)10(2)9-11/h5-6,9H,3-4,7-8,13H2,1-2H3. The van der Waals surface area contributed by atoms with Gasteiger partial charge < -0.3 is 15.2 Å². The molecule has 15 heavy (non-hydrogen) atoms. The van der Waals surface area contributed by atoms with E-state index in [1.165, 1.54) is 0 Å². The molecule has 0 spiro atoms. The van der Waals surface area contributed by atoms with Crippen LogP contribution in [0.1, 0.15) is 18.9 Å². The van der Waals surface area contributed by atoms with E-state index in [1.807, 2.05) is 32.0 Å². The highest BCUT2D eigenvalue weighted by atomic mass is 16.5. The third kappa shape index (κ3) is 4.21. The van der Waals surface area contributed by atoms with Gasteiger partial charge in [-0.1, -0.05) is 0 Å². The second-order valence-corrected chi connectivity index (χ2v) is 3.42. The van der Waals surface area contributed by atoms with Crippen LogP contribution in [0.15, 0.2) is 18.2 Å². The number of nitrogens with two attached hydrogens (primary N) is 1. The van der Waals surface area contributed by atoms with Crippen LogP contribution in [0.2, 0.25) is 0 Å². The Morgan fingerprint density at radius 1 is 1.27 bits per heavy atom. The van der Waals surface area contributed by atoms with Crippen molar-refractivity contribution in [2.45, 2.75) is 20.3 Å². The summed E-state index contributed by atoms with van der Waals surface area (Å²) in [6.07, 6.45) is 0.914. The molecule has 1 rings (SSSR count). The molecule has 1 aromatic carbocycles. The predicted octanol–water partition coefficient (Wildman–Crippen LogP) is 2.38. The SMILES string of the molecule is CCOCCCOc1ccc(N)c(C)c1. The normalized spacial score (nSPS) is 10.3.